The van der Waals surface area contributed by atoms with Crippen LogP contribution in [-0.4, -0.2) is 4.98 Å². The Bertz CT molecular complexity index is 378. The number of hydrogen-bond donors (Lipinski definition) is 1. The van der Waals surface area contributed by atoms with Crippen molar-refractivity contribution in [1.29, 1.82) is 0 Å². The molecule has 2 rings (SSSR count). The second-order valence-corrected chi connectivity index (χ2v) is 2.32. The fourth-order valence-corrected chi connectivity index (χ4v) is 1.06. The van der Waals surface area contributed by atoms with E-state index in [-0.39, 0.29) is 0 Å². The summed E-state index contributed by atoms with van der Waals surface area (Å²) in [6.07, 6.45) is 3.41. The number of aromatic nitrogens is 2. The molecule has 0 saturated carbocycles. The molecular weight excluding hydrogens is 138 g/mol. The van der Waals surface area contributed by atoms with E-state index in [0.29, 0.717) is 0 Å². The van der Waals surface area contributed by atoms with Crippen molar-refractivity contribution in [3.05, 3.63) is 36.7 Å². The van der Waals surface area contributed by atoms with E-state index in [2.05, 4.69) is 4.98 Å². The molecule has 11 heavy (non-hydrogen) atoms. The molecule has 0 amide bonds. The zero-order chi connectivity index (χ0) is 7.68. The van der Waals surface area contributed by atoms with Gasteiger partial charge in [-0.15, -0.1) is 0 Å². The average molecular weight is 146 g/mol. The van der Waals surface area contributed by atoms with Crippen LogP contribution in [0.4, 0.5) is 0 Å². The van der Waals surface area contributed by atoms with Gasteiger partial charge in [0, 0.05) is 6.07 Å². The molecule has 2 N–H and O–H groups in total. The second-order valence-electron chi connectivity index (χ2n) is 2.32. The number of nitrogens with two attached hydrogens (primary N) is 1. The lowest BCUT2D eigenvalue weighted by molar-refractivity contribution is -0.611. The topological polar surface area (TPSA) is 42.8 Å². The fraction of sp³-hybridized carbons (Fsp3) is 0. The van der Waals surface area contributed by atoms with Crippen LogP contribution in [0.5, 0.6) is 0 Å². The van der Waals surface area contributed by atoms with Gasteiger partial charge < -0.3 is 0 Å². The summed E-state index contributed by atoms with van der Waals surface area (Å²) in [6, 6.07) is 7.74. The van der Waals surface area contributed by atoms with Gasteiger partial charge in [-0.05, 0) is 6.07 Å². The van der Waals surface area contributed by atoms with Crippen LogP contribution in [0.2, 0.25) is 0 Å². The Morgan fingerprint density at radius 3 is 2.91 bits per heavy atom. The van der Waals surface area contributed by atoms with E-state index < -0.39 is 0 Å². The van der Waals surface area contributed by atoms with Gasteiger partial charge in [-0.2, -0.15) is 0 Å². The summed E-state index contributed by atoms with van der Waals surface area (Å²) in [7, 11) is 0. The molecule has 0 saturated heterocycles. The SMILES string of the molecule is N[n+]1ccnc2ccccc21. The van der Waals surface area contributed by atoms with Gasteiger partial charge in [0.05, 0.1) is 6.20 Å². The summed E-state index contributed by atoms with van der Waals surface area (Å²) in [6.45, 7) is 0. The minimum atomic E-state index is 0.914. The summed E-state index contributed by atoms with van der Waals surface area (Å²) in [5.41, 5.74) is 1.85. The molecule has 0 spiro atoms. The van der Waals surface area contributed by atoms with E-state index in [4.69, 9.17) is 5.84 Å². The molecular formula is C8H8N3+. The van der Waals surface area contributed by atoms with Crippen LogP contribution in [0.15, 0.2) is 36.7 Å². The van der Waals surface area contributed by atoms with E-state index in [1.807, 2.05) is 24.3 Å². The van der Waals surface area contributed by atoms with E-state index in [1.165, 1.54) is 0 Å². The maximum atomic E-state index is 5.63. The highest BCUT2D eigenvalue weighted by Crippen LogP contribution is 2.02. The maximum absolute atomic E-state index is 5.63. The smallest absolute Gasteiger partial charge is 0.243 e. The van der Waals surface area contributed by atoms with Crippen molar-refractivity contribution in [3.63, 3.8) is 0 Å². The molecule has 2 aromatic rings. The number of benzene rings is 1. The standard InChI is InChI=1S/C8H8N3/c9-11-6-5-10-7-3-1-2-4-8(7)11/h1-6H,(H2,9,10)/q+1. The van der Waals surface area contributed by atoms with Crippen LogP contribution < -0.4 is 10.5 Å². The first kappa shape index (κ1) is 6.09. The van der Waals surface area contributed by atoms with Gasteiger partial charge in [-0.25, -0.2) is 10.8 Å². The van der Waals surface area contributed by atoms with Crippen molar-refractivity contribution in [2.45, 2.75) is 0 Å². The molecule has 0 unspecified atom stereocenters. The minimum absolute atomic E-state index is 0.914. The fourth-order valence-electron chi connectivity index (χ4n) is 1.06. The summed E-state index contributed by atoms with van der Waals surface area (Å²) in [4.78, 5) is 4.14. The molecule has 0 aliphatic carbocycles. The van der Waals surface area contributed by atoms with E-state index >= 15 is 0 Å². The lowest BCUT2D eigenvalue weighted by Gasteiger charge is -1.91. The van der Waals surface area contributed by atoms with Crippen LogP contribution >= 0.6 is 0 Å². The van der Waals surface area contributed by atoms with Crippen molar-refractivity contribution >= 4 is 11.0 Å². The Hall–Kier alpha value is -1.64. The van der Waals surface area contributed by atoms with Gasteiger partial charge in [0.15, 0.2) is 0 Å². The van der Waals surface area contributed by atoms with Crippen LogP contribution in [0.25, 0.3) is 11.0 Å². The lowest BCUT2D eigenvalue weighted by atomic mass is 10.3. The first-order chi connectivity index (χ1) is 5.38. The third-order valence-corrected chi connectivity index (χ3v) is 1.60. The molecule has 0 aliphatic heterocycles. The molecule has 0 aliphatic rings. The van der Waals surface area contributed by atoms with Gasteiger partial charge in [0.25, 0.3) is 5.52 Å². The molecule has 0 bridgehead atoms. The van der Waals surface area contributed by atoms with Gasteiger partial charge >= 0.3 is 0 Å². The first-order valence-corrected chi connectivity index (χ1v) is 3.38. The van der Waals surface area contributed by atoms with Crippen molar-refractivity contribution < 1.29 is 4.68 Å². The predicted octanol–water partition coefficient (Wildman–Crippen LogP) is 0.236. The third kappa shape index (κ3) is 0.902. The monoisotopic (exact) mass is 146 g/mol. The number of fused-ring (bicyclic) bond motifs is 1. The van der Waals surface area contributed by atoms with Gasteiger partial charge in [-0.1, -0.05) is 16.8 Å². The highest BCUT2D eigenvalue weighted by atomic mass is 15.3. The van der Waals surface area contributed by atoms with E-state index in [9.17, 15) is 0 Å². The first-order valence-electron chi connectivity index (χ1n) is 3.38. The Morgan fingerprint density at radius 2 is 2.09 bits per heavy atom. The molecule has 3 heteroatoms. The Balaban J connectivity index is 2.91. The van der Waals surface area contributed by atoms with Crippen molar-refractivity contribution in [3.8, 4) is 0 Å². The number of nitrogen functional groups attached to an aromatic ring is 1. The van der Waals surface area contributed by atoms with Crippen molar-refractivity contribution in [2.24, 2.45) is 0 Å². The lowest BCUT2D eigenvalue weighted by Crippen LogP contribution is -2.44. The van der Waals surface area contributed by atoms with Gasteiger partial charge in [0.1, 0.15) is 5.52 Å². The zero-order valence-corrected chi connectivity index (χ0v) is 5.94. The average Bonchev–Trinajstić information content (AvgIpc) is 2.06. The molecule has 3 nitrogen and oxygen atoms in total. The Kier molecular flexibility index (Phi) is 1.22. The number of nitrogens with zero attached hydrogens (tertiary/aromatic N) is 2. The van der Waals surface area contributed by atoms with Crippen molar-refractivity contribution in [1.82, 2.24) is 4.98 Å². The Morgan fingerprint density at radius 1 is 1.27 bits per heavy atom. The van der Waals surface area contributed by atoms with Crippen LogP contribution in [0.3, 0.4) is 0 Å². The summed E-state index contributed by atoms with van der Waals surface area (Å²) in [5, 5.41) is 0. The third-order valence-electron chi connectivity index (χ3n) is 1.60. The van der Waals surface area contributed by atoms with Crippen LogP contribution in [-0.2, 0) is 0 Å². The summed E-state index contributed by atoms with van der Waals surface area (Å²) < 4.78 is 1.56. The number of hydrogen-bond acceptors (Lipinski definition) is 2. The molecule has 0 fully saturated rings. The quantitative estimate of drug-likeness (QED) is 0.427. The molecule has 1 aromatic carbocycles. The molecule has 1 heterocycles. The molecule has 0 atom stereocenters. The Labute approximate surface area is 64.1 Å². The van der Waals surface area contributed by atoms with Crippen molar-refractivity contribution in [2.75, 3.05) is 5.84 Å². The highest BCUT2D eigenvalue weighted by molar-refractivity contribution is 5.69. The van der Waals surface area contributed by atoms with Crippen LogP contribution in [0.1, 0.15) is 0 Å². The molecule has 1 aromatic heterocycles. The van der Waals surface area contributed by atoms with Gasteiger partial charge in [0.2, 0.25) is 6.20 Å². The summed E-state index contributed by atoms with van der Waals surface area (Å²) in [5.74, 6) is 5.63. The second kappa shape index (κ2) is 2.20. The van der Waals surface area contributed by atoms with Gasteiger partial charge in [-0.3, -0.25) is 0 Å². The molecule has 0 radical (unpaired) electrons. The number of rotatable bonds is 0. The van der Waals surface area contributed by atoms with E-state index in [0.717, 1.165) is 11.0 Å². The zero-order valence-electron chi connectivity index (χ0n) is 5.94. The number of para-hydroxylation sites is 2. The predicted molar refractivity (Wildman–Crippen MR) is 42.1 cm³/mol. The summed E-state index contributed by atoms with van der Waals surface area (Å²) >= 11 is 0. The van der Waals surface area contributed by atoms with E-state index in [1.54, 1.807) is 17.1 Å². The van der Waals surface area contributed by atoms with Crippen LogP contribution in [0, 0.1) is 0 Å². The largest absolute Gasteiger partial charge is 0.260 e. The maximum Gasteiger partial charge on any atom is 0.260 e. The highest BCUT2D eigenvalue weighted by Gasteiger charge is 2.02. The normalized spacial score (nSPS) is 10.2. The molecule has 54 valence electrons. The minimum Gasteiger partial charge on any atom is -0.243 e.